The minimum absolute atomic E-state index is 0.0736. The molecule has 1 rings (SSSR count). The summed E-state index contributed by atoms with van der Waals surface area (Å²) in [6.45, 7) is 7.79. The molecule has 6 heteroatoms. The monoisotopic (exact) mass is 275 g/mol. The van der Waals surface area contributed by atoms with Crippen molar-refractivity contribution in [1.29, 1.82) is 0 Å². The minimum Gasteiger partial charge on any atom is -0.462 e. The zero-order chi connectivity index (χ0) is 14.0. The van der Waals surface area contributed by atoms with Crippen molar-refractivity contribution in [2.45, 2.75) is 45.6 Å². The van der Waals surface area contributed by atoms with Crippen molar-refractivity contribution in [2.24, 2.45) is 5.41 Å². The number of furan rings is 1. The van der Waals surface area contributed by atoms with Gasteiger partial charge >= 0.3 is 0 Å². The number of sulfonamides is 1. The number of nitrogens with one attached hydrogen (secondary N) is 1. The molecule has 0 saturated carbocycles. The molecule has 0 atom stereocenters. The van der Waals surface area contributed by atoms with E-state index in [1.807, 2.05) is 20.8 Å². The normalized spacial score (nSPS) is 12.9. The Morgan fingerprint density at radius 1 is 1.39 bits per heavy atom. The fourth-order valence-corrected chi connectivity index (χ4v) is 2.74. The van der Waals surface area contributed by atoms with E-state index < -0.39 is 10.0 Å². The van der Waals surface area contributed by atoms with Crippen LogP contribution >= 0.6 is 0 Å². The van der Waals surface area contributed by atoms with E-state index in [2.05, 4.69) is 4.72 Å². The summed E-state index contributed by atoms with van der Waals surface area (Å²) in [7, 11) is -3.56. The van der Waals surface area contributed by atoms with E-state index in [0.717, 1.165) is 6.42 Å². The van der Waals surface area contributed by atoms with Gasteiger partial charge in [-0.2, -0.15) is 0 Å². The Bertz CT molecular complexity index is 497. The maximum atomic E-state index is 12.0. The predicted molar refractivity (Wildman–Crippen MR) is 68.6 cm³/mol. The highest BCUT2D eigenvalue weighted by Crippen LogP contribution is 2.21. The van der Waals surface area contributed by atoms with E-state index in [1.54, 1.807) is 6.92 Å². The molecule has 104 valence electrons. The highest BCUT2D eigenvalue weighted by Gasteiger charge is 2.21. The third-order valence-electron chi connectivity index (χ3n) is 2.54. The first kappa shape index (κ1) is 15.2. The summed E-state index contributed by atoms with van der Waals surface area (Å²) in [5.74, 6) is 0.547. The highest BCUT2D eigenvalue weighted by molar-refractivity contribution is 7.89. The Kier molecular flexibility index (Phi) is 4.58. The lowest BCUT2D eigenvalue weighted by Gasteiger charge is -2.17. The second-order valence-electron chi connectivity index (χ2n) is 5.50. The standard InChI is InChI=1S/C12H21NO4S/c1-9-11(7-10(8-14)17-9)18(15,16)13-6-5-12(2,3)4/h7,13-14H,5-6,8H2,1-4H3. The number of aryl methyl sites for hydroxylation is 1. The van der Waals surface area contributed by atoms with Gasteiger partial charge in [-0.25, -0.2) is 13.1 Å². The Labute approximate surface area is 108 Å². The second-order valence-corrected chi connectivity index (χ2v) is 7.24. The summed E-state index contributed by atoms with van der Waals surface area (Å²) in [4.78, 5) is 0.0976. The topological polar surface area (TPSA) is 79.5 Å². The third-order valence-corrected chi connectivity index (χ3v) is 4.10. The van der Waals surface area contributed by atoms with Crippen molar-refractivity contribution >= 4 is 10.0 Å². The quantitative estimate of drug-likeness (QED) is 0.858. The van der Waals surface area contributed by atoms with Crippen LogP contribution in [0.15, 0.2) is 15.4 Å². The van der Waals surface area contributed by atoms with Crippen LogP contribution in [0.1, 0.15) is 38.7 Å². The lowest BCUT2D eigenvalue weighted by Crippen LogP contribution is -2.27. The van der Waals surface area contributed by atoms with Gasteiger partial charge < -0.3 is 9.52 Å². The molecule has 2 N–H and O–H groups in total. The number of rotatable bonds is 5. The maximum absolute atomic E-state index is 12.0. The molecule has 0 aromatic carbocycles. The van der Waals surface area contributed by atoms with Gasteiger partial charge in [0, 0.05) is 12.6 Å². The second kappa shape index (κ2) is 5.42. The Morgan fingerprint density at radius 2 is 2.00 bits per heavy atom. The van der Waals surface area contributed by atoms with Gasteiger partial charge in [-0.3, -0.25) is 0 Å². The van der Waals surface area contributed by atoms with Crippen molar-refractivity contribution in [1.82, 2.24) is 4.72 Å². The molecule has 0 radical (unpaired) electrons. The highest BCUT2D eigenvalue weighted by atomic mass is 32.2. The van der Waals surface area contributed by atoms with Crippen LogP contribution in [0, 0.1) is 12.3 Å². The van der Waals surface area contributed by atoms with Crippen molar-refractivity contribution in [3.63, 3.8) is 0 Å². The van der Waals surface area contributed by atoms with E-state index in [1.165, 1.54) is 6.07 Å². The largest absolute Gasteiger partial charge is 0.462 e. The molecule has 0 saturated heterocycles. The van der Waals surface area contributed by atoms with Gasteiger partial charge in [-0.1, -0.05) is 20.8 Å². The molecule has 0 aliphatic carbocycles. The molecule has 0 bridgehead atoms. The summed E-state index contributed by atoms with van der Waals surface area (Å²) in [5, 5.41) is 8.91. The first-order valence-corrected chi connectivity index (χ1v) is 7.34. The molecule has 18 heavy (non-hydrogen) atoms. The molecule has 1 aromatic rings. The van der Waals surface area contributed by atoms with E-state index in [4.69, 9.17) is 9.52 Å². The predicted octanol–water partition coefficient (Wildman–Crippen LogP) is 1.79. The average Bonchev–Trinajstić information content (AvgIpc) is 2.58. The number of hydrogen-bond acceptors (Lipinski definition) is 4. The molecule has 1 aromatic heterocycles. The van der Waals surface area contributed by atoms with E-state index in [-0.39, 0.29) is 22.7 Å². The molecule has 0 amide bonds. The third kappa shape index (κ3) is 4.12. The summed E-state index contributed by atoms with van der Waals surface area (Å²) >= 11 is 0. The smallest absolute Gasteiger partial charge is 0.244 e. The molecule has 0 spiro atoms. The SMILES string of the molecule is Cc1oc(CO)cc1S(=O)(=O)NCCC(C)(C)C. The van der Waals surface area contributed by atoms with E-state index in [0.29, 0.717) is 12.3 Å². The average molecular weight is 275 g/mol. The molecule has 0 aliphatic rings. The van der Waals surface area contributed by atoms with Gasteiger partial charge in [0.25, 0.3) is 0 Å². The van der Waals surface area contributed by atoms with Gasteiger partial charge in [0.2, 0.25) is 10.0 Å². The van der Waals surface area contributed by atoms with Gasteiger partial charge in [0.05, 0.1) is 0 Å². The van der Waals surface area contributed by atoms with Crippen molar-refractivity contribution in [3.8, 4) is 0 Å². The summed E-state index contributed by atoms with van der Waals surface area (Å²) in [5.41, 5.74) is 0.0736. The van der Waals surface area contributed by atoms with E-state index in [9.17, 15) is 8.42 Å². The van der Waals surface area contributed by atoms with Crippen LogP contribution in [-0.4, -0.2) is 20.1 Å². The Morgan fingerprint density at radius 3 is 2.44 bits per heavy atom. The molecule has 5 nitrogen and oxygen atoms in total. The van der Waals surface area contributed by atoms with Crippen molar-refractivity contribution in [3.05, 3.63) is 17.6 Å². The van der Waals surface area contributed by atoms with Gasteiger partial charge in [0.15, 0.2) is 0 Å². The fourth-order valence-electron chi connectivity index (χ4n) is 1.51. The first-order chi connectivity index (χ1) is 8.15. The molecular weight excluding hydrogens is 254 g/mol. The van der Waals surface area contributed by atoms with Crippen LogP contribution in [0.3, 0.4) is 0 Å². The maximum Gasteiger partial charge on any atom is 0.244 e. The Hall–Kier alpha value is -0.850. The number of aliphatic hydroxyl groups excluding tert-OH is 1. The molecule has 0 aliphatic heterocycles. The molecule has 0 unspecified atom stereocenters. The molecule has 1 heterocycles. The van der Waals surface area contributed by atoms with E-state index >= 15 is 0 Å². The molecule has 0 fully saturated rings. The first-order valence-electron chi connectivity index (χ1n) is 5.85. The van der Waals surface area contributed by atoms with Crippen LogP contribution in [0.25, 0.3) is 0 Å². The van der Waals surface area contributed by atoms with Gasteiger partial charge in [-0.15, -0.1) is 0 Å². The van der Waals surface area contributed by atoms with Crippen LogP contribution in [0.4, 0.5) is 0 Å². The zero-order valence-corrected chi connectivity index (χ0v) is 12.1. The zero-order valence-electron chi connectivity index (χ0n) is 11.3. The van der Waals surface area contributed by atoms with Crippen LogP contribution in [-0.2, 0) is 16.6 Å². The van der Waals surface area contributed by atoms with Gasteiger partial charge in [-0.05, 0) is 18.8 Å². The van der Waals surface area contributed by atoms with Crippen LogP contribution < -0.4 is 4.72 Å². The summed E-state index contributed by atoms with van der Waals surface area (Å²) in [6.07, 6.45) is 0.746. The number of hydrogen-bond donors (Lipinski definition) is 2. The van der Waals surface area contributed by atoms with Crippen molar-refractivity contribution in [2.75, 3.05) is 6.54 Å². The summed E-state index contributed by atoms with van der Waals surface area (Å²) < 4.78 is 31.7. The van der Waals surface area contributed by atoms with Gasteiger partial charge in [0.1, 0.15) is 23.0 Å². The number of aliphatic hydroxyl groups is 1. The molecular formula is C12H21NO4S. The van der Waals surface area contributed by atoms with Crippen LogP contribution in [0.5, 0.6) is 0 Å². The lowest BCUT2D eigenvalue weighted by atomic mass is 9.93. The lowest BCUT2D eigenvalue weighted by molar-refractivity contribution is 0.244. The van der Waals surface area contributed by atoms with Crippen molar-refractivity contribution < 1.29 is 17.9 Å². The Balaban J connectivity index is 2.77. The summed E-state index contributed by atoms with van der Waals surface area (Å²) in [6, 6.07) is 1.36. The minimum atomic E-state index is -3.56. The fraction of sp³-hybridized carbons (Fsp3) is 0.667. The van der Waals surface area contributed by atoms with Crippen LogP contribution in [0.2, 0.25) is 0 Å².